The van der Waals surface area contributed by atoms with Crippen LogP contribution >= 0.6 is 35.6 Å². The molecule has 2 saturated heterocycles. The first-order valence-electron chi connectivity index (χ1n) is 13.6. The summed E-state index contributed by atoms with van der Waals surface area (Å²) in [6.45, 7) is 1.32. The van der Waals surface area contributed by atoms with Gasteiger partial charge in [0.05, 0.1) is 22.0 Å². The highest BCUT2D eigenvalue weighted by molar-refractivity contribution is 8.26. The second kappa shape index (κ2) is 12.1. The van der Waals surface area contributed by atoms with E-state index in [9.17, 15) is 13.2 Å². The Morgan fingerprint density at radius 2 is 1.69 bits per heavy atom. The lowest BCUT2D eigenvalue weighted by Crippen LogP contribution is -2.35. The van der Waals surface area contributed by atoms with Crippen molar-refractivity contribution < 1.29 is 13.2 Å². The average molecular weight is 635 g/mol. The van der Waals surface area contributed by atoms with Gasteiger partial charge in [-0.3, -0.25) is 9.69 Å². The van der Waals surface area contributed by atoms with Crippen molar-refractivity contribution in [3.05, 3.63) is 106 Å². The number of amides is 1. The van der Waals surface area contributed by atoms with E-state index in [0.717, 1.165) is 30.5 Å². The van der Waals surface area contributed by atoms with E-state index < -0.39 is 10.0 Å². The molecular weight excluding hydrogens is 608 g/mol. The molecule has 0 atom stereocenters. The van der Waals surface area contributed by atoms with Gasteiger partial charge < -0.3 is 0 Å². The van der Waals surface area contributed by atoms with E-state index in [1.165, 1.54) is 11.8 Å². The Kier molecular flexibility index (Phi) is 8.33. The summed E-state index contributed by atoms with van der Waals surface area (Å²) in [5, 5.41) is 5.42. The van der Waals surface area contributed by atoms with E-state index >= 15 is 0 Å². The highest BCUT2D eigenvalue weighted by Crippen LogP contribution is 2.37. The number of halogens is 1. The van der Waals surface area contributed by atoms with Crippen LogP contribution in [0.3, 0.4) is 0 Å². The number of carbonyl (C=O) groups excluding carboxylic acids is 1. The number of sulfonamides is 1. The first kappa shape index (κ1) is 28.8. The topological polar surface area (TPSA) is 75.5 Å². The minimum Gasteiger partial charge on any atom is -0.288 e. The Hall–Kier alpha value is -3.28. The molecule has 0 radical (unpaired) electrons. The van der Waals surface area contributed by atoms with Crippen LogP contribution in [0.15, 0.2) is 94.9 Å². The third-order valence-corrected chi connectivity index (χ3v) is 10.9. The summed E-state index contributed by atoms with van der Waals surface area (Å²) in [5.41, 5.74) is 3.51. The maximum Gasteiger partial charge on any atom is 0.266 e. The van der Waals surface area contributed by atoms with Gasteiger partial charge in [0.2, 0.25) is 10.0 Å². The molecular formula is C31H27ClN4O3S3. The summed E-state index contributed by atoms with van der Waals surface area (Å²) in [6, 6.07) is 23.9. The van der Waals surface area contributed by atoms with E-state index in [2.05, 4.69) is 0 Å². The molecule has 0 aliphatic carbocycles. The minimum absolute atomic E-state index is 0.218. The van der Waals surface area contributed by atoms with Crippen LogP contribution in [0, 0.1) is 0 Å². The lowest BCUT2D eigenvalue weighted by Gasteiger charge is -2.26. The van der Waals surface area contributed by atoms with E-state index in [-0.39, 0.29) is 17.3 Å². The third kappa shape index (κ3) is 5.82. The number of hydrogen-bond donors (Lipinski definition) is 0. The van der Waals surface area contributed by atoms with E-state index in [1.54, 1.807) is 44.2 Å². The molecule has 0 bridgehead atoms. The fraction of sp³-hybridized carbons (Fsp3) is 0.194. The zero-order chi connectivity index (χ0) is 29.3. The Morgan fingerprint density at radius 3 is 2.45 bits per heavy atom. The van der Waals surface area contributed by atoms with Crippen LogP contribution in [0.4, 0.5) is 0 Å². The van der Waals surface area contributed by atoms with Crippen molar-refractivity contribution in [2.24, 2.45) is 0 Å². The molecule has 0 N–H and O–H groups in total. The van der Waals surface area contributed by atoms with Crippen LogP contribution in [0.1, 0.15) is 30.4 Å². The SMILES string of the molecule is O=C1C(=Cc2cn(-c3ccccc3)nc2-c2cccc(S(=O)(=O)N3CCCCC3)c2)SC(=S)N1Cc1ccccc1Cl. The Balaban J connectivity index is 1.39. The number of thiocarbonyl (C=S) groups is 1. The monoisotopic (exact) mass is 634 g/mol. The fourth-order valence-corrected chi connectivity index (χ4v) is 8.07. The van der Waals surface area contributed by atoms with Crippen LogP contribution in [0.5, 0.6) is 0 Å². The van der Waals surface area contributed by atoms with Gasteiger partial charge in [-0.1, -0.05) is 90.5 Å². The van der Waals surface area contributed by atoms with Crippen LogP contribution in [-0.4, -0.2) is 50.7 Å². The molecule has 2 fully saturated rings. The summed E-state index contributed by atoms with van der Waals surface area (Å²) < 4.78 is 30.7. The maximum absolute atomic E-state index is 13.5. The standard InChI is InChI=1S/C31H27ClN4O3S3/c32-27-15-6-5-10-23(27)20-35-30(37)28(41-31(35)40)19-24-21-36(25-12-3-1-4-13-25)33-29(24)22-11-9-14-26(18-22)42(38,39)34-16-7-2-8-17-34/h1,3-6,9-15,18-19,21H,2,7-8,16-17,20H2. The lowest BCUT2D eigenvalue weighted by molar-refractivity contribution is -0.122. The molecule has 1 aromatic heterocycles. The highest BCUT2D eigenvalue weighted by atomic mass is 35.5. The molecule has 214 valence electrons. The normalized spacial score (nSPS) is 17.4. The predicted octanol–water partition coefficient (Wildman–Crippen LogP) is 6.77. The molecule has 7 nitrogen and oxygen atoms in total. The van der Waals surface area contributed by atoms with Crippen molar-refractivity contribution >= 4 is 61.9 Å². The number of aromatic nitrogens is 2. The molecule has 0 unspecified atom stereocenters. The smallest absolute Gasteiger partial charge is 0.266 e. The molecule has 2 aliphatic rings. The summed E-state index contributed by atoms with van der Waals surface area (Å²) >= 11 is 13.1. The highest BCUT2D eigenvalue weighted by Gasteiger charge is 2.33. The van der Waals surface area contributed by atoms with Crippen LogP contribution in [0.2, 0.25) is 5.02 Å². The van der Waals surface area contributed by atoms with Gasteiger partial charge in [-0.2, -0.15) is 9.40 Å². The molecule has 0 saturated carbocycles. The van der Waals surface area contributed by atoms with E-state index in [4.69, 9.17) is 28.9 Å². The van der Waals surface area contributed by atoms with Gasteiger partial charge in [-0.15, -0.1) is 0 Å². The number of benzene rings is 3. The van der Waals surface area contributed by atoms with Gasteiger partial charge in [0, 0.05) is 35.4 Å². The quantitative estimate of drug-likeness (QED) is 0.165. The molecule has 1 amide bonds. The fourth-order valence-electron chi connectivity index (χ4n) is 5.06. The summed E-state index contributed by atoms with van der Waals surface area (Å²) in [5.74, 6) is -0.218. The summed E-state index contributed by atoms with van der Waals surface area (Å²) in [7, 11) is -3.64. The van der Waals surface area contributed by atoms with Crippen molar-refractivity contribution in [2.75, 3.05) is 13.1 Å². The number of nitrogens with zero attached hydrogens (tertiary/aromatic N) is 4. The predicted molar refractivity (Wildman–Crippen MR) is 172 cm³/mol. The van der Waals surface area contributed by atoms with Gasteiger partial charge in [-0.05, 0) is 54.8 Å². The van der Waals surface area contributed by atoms with Crippen LogP contribution in [-0.2, 0) is 21.4 Å². The van der Waals surface area contributed by atoms with Crippen LogP contribution in [0.25, 0.3) is 23.0 Å². The average Bonchev–Trinajstić information content (AvgIpc) is 3.55. The molecule has 6 rings (SSSR count). The maximum atomic E-state index is 13.5. The molecule has 0 spiro atoms. The Morgan fingerprint density at radius 1 is 0.952 bits per heavy atom. The van der Waals surface area contributed by atoms with Crippen molar-refractivity contribution in [2.45, 2.75) is 30.7 Å². The second-order valence-electron chi connectivity index (χ2n) is 10.1. The van der Waals surface area contributed by atoms with Crippen molar-refractivity contribution in [1.29, 1.82) is 0 Å². The molecule has 4 aromatic rings. The molecule has 2 aliphatic heterocycles. The van der Waals surface area contributed by atoms with Gasteiger partial charge in [0.1, 0.15) is 10.0 Å². The lowest BCUT2D eigenvalue weighted by atomic mass is 10.1. The second-order valence-corrected chi connectivity index (χ2v) is 14.1. The zero-order valence-electron chi connectivity index (χ0n) is 22.5. The summed E-state index contributed by atoms with van der Waals surface area (Å²) in [6.07, 6.45) is 6.38. The number of carbonyl (C=O) groups is 1. The van der Waals surface area contributed by atoms with Gasteiger partial charge in [0.25, 0.3) is 5.91 Å². The van der Waals surface area contributed by atoms with Crippen molar-refractivity contribution in [1.82, 2.24) is 19.0 Å². The number of piperidine rings is 1. The number of hydrogen-bond acceptors (Lipinski definition) is 6. The van der Waals surface area contributed by atoms with Crippen molar-refractivity contribution in [3.8, 4) is 16.9 Å². The van der Waals surface area contributed by atoms with Gasteiger partial charge in [0.15, 0.2) is 0 Å². The van der Waals surface area contributed by atoms with E-state index in [1.807, 2.05) is 60.8 Å². The Labute approximate surface area is 259 Å². The number of thioether (sulfide) groups is 1. The molecule has 3 aromatic carbocycles. The van der Waals surface area contributed by atoms with Crippen LogP contribution < -0.4 is 0 Å². The molecule has 3 heterocycles. The Bertz CT molecular complexity index is 1800. The van der Waals surface area contributed by atoms with Gasteiger partial charge in [-0.25, -0.2) is 13.1 Å². The molecule has 11 heteroatoms. The zero-order valence-corrected chi connectivity index (χ0v) is 25.7. The first-order valence-corrected chi connectivity index (χ1v) is 16.6. The summed E-state index contributed by atoms with van der Waals surface area (Å²) in [4.78, 5) is 15.7. The first-order chi connectivity index (χ1) is 20.3. The minimum atomic E-state index is -3.64. The van der Waals surface area contributed by atoms with Gasteiger partial charge >= 0.3 is 0 Å². The molecule has 42 heavy (non-hydrogen) atoms. The number of rotatable bonds is 7. The van der Waals surface area contributed by atoms with E-state index in [0.29, 0.717) is 44.2 Å². The number of para-hydroxylation sites is 1. The largest absolute Gasteiger partial charge is 0.288 e. The third-order valence-electron chi connectivity index (χ3n) is 7.27. The van der Waals surface area contributed by atoms with Crippen molar-refractivity contribution in [3.63, 3.8) is 0 Å².